The summed E-state index contributed by atoms with van der Waals surface area (Å²) < 4.78 is 10.3. The van der Waals surface area contributed by atoms with Crippen LogP contribution < -0.4 is 11.1 Å². The number of ether oxygens (including phenoxy) is 2. The Hall–Kier alpha value is -1.82. The van der Waals surface area contributed by atoms with Crippen molar-refractivity contribution in [1.82, 2.24) is 4.90 Å². The van der Waals surface area contributed by atoms with E-state index in [0.717, 1.165) is 24.4 Å². The number of nitrogens with two attached hydrogens (primary N) is 1. The molecule has 0 saturated carbocycles. The van der Waals surface area contributed by atoms with Gasteiger partial charge in [-0.25, -0.2) is 4.79 Å². The van der Waals surface area contributed by atoms with Gasteiger partial charge < -0.3 is 25.4 Å². The zero-order valence-corrected chi connectivity index (χ0v) is 12.8. The van der Waals surface area contributed by atoms with Crippen LogP contribution in [0.2, 0.25) is 0 Å². The number of hydrogen-bond donors (Lipinski definition) is 2. The number of likely N-dealkylation sites (N-methyl/N-ethyl adjacent to an activating group) is 1. The minimum absolute atomic E-state index is 0.0418. The molecular formula is C13H18N4O3S. The lowest BCUT2D eigenvalue weighted by Gasteiger charge is -2.30. The monoisotopic (exact) mass is 310 g/mol. The molecule has 0 radical (unpaired) electrons. The Kier molecular flexibility index (Phi) is 5.01. The van der Waals surface area contributed by atoms with Gasteiger partial charge in [0, 0.05) is 19.6 Å². The van der Waals surface area contributed by atoms with E-state index in [9.17, 15) is 10.1 Å². The number of nitrogens with zero attached hydrogens (tertiary/aromatic N) is 2. The Bertz CT molecular complexity index is 566. The van der Waals surface area contributed by atoms with Gasteiger partial charge in [0.15, 0.2) is 0 Å². The molecular weight excluding hydrogens is 292 g/mol. The Morgan fingerprint density at radius 3 is 3.10 bits per heavy atom. The van der Waals surface area contributed by atoms with Crippen LogP contribution in [0.1, 0.15) is 15.2 Å². The number of nitrogen functional groups attached to an aromatic ring is 1. The second-order valence-electron chi connectivity index (χ2n) is 4.79. The fourth-order valence-electron chi connectivity index (χ4n) is 2.12. The fourth-order valence-corrected chi connectivity index (χ4v) is 3.12. The van der Waals surface area contributed by atoms with Gasteiger partial charge in [-0.3, -0.25) is 0 Å². The summed E-state index contributed by atoms with van der Waals surface area (Å²) in [5, 5.41) is 12.9. The number of rotatable bonds is 4. The van der Waals surface area contributed by atoms with E-state index in [1.165, 1.54) is 7.11 Å². The number of esters is 1. The van der Waals surface area contributed by atoms with Gasteiger partial charge in [0.1, 0.15) is 21.5 Å². The Balaban J connectivity index is 2.09. The van der Waals surface area contributed by atoms with E-state index in [1.807, 2.05) is 13.1 Å². The molecule has 0 aromatic carbocycles. The third kappa shape index (κ3) is 3.44. The SMILES string of the molecule is COC(=O)c1sc(NCC2CN(C)CCO2)c(C#N)c1N. The standard InChI is InChI=1S/C13H18N4O3S/c1-17-3-4-20-8(7-17)6-16-12-9(5-14)10(15)11(21-12)13(18)19-2/h8,16H,3-4,6-7,15H2,1-2H3. The lowest BCUT2D eigenvalue weighted by molar-refractivity contribution is -0.0116. The molecule has 1 aliphatic heterocycles. The third-order valence-corrected chi connectivity index (χ3v) is 4.40. The maximum absolute atomic E-state index is 11.6. The predicted octanol–water partition coefficient (Wildman–Crippen LogP) is 0.731. The fraction of sp³-hybridized carbons (Fsp3) is 0.538. The molecule has 7 nitrogen and oxygen atoms in total. The second kappa shape index (κ2) is 6.76. The summed E-state index contributed by atoms with van der Waals surface area (Å²) in [5.74, 6) is -0.532. The molecule has 21 heavy (non-hydrogen) atoms. The Morgan fingerprint density at radius 1 is 1.71 bits per heavy atom. The van der Waals surface area contributed by atoms with Crippen LogP contribution in [0.3, 0.4) is 0 Å². The lowest BCUT2D eigenvalue weighted by Crippen LogP contribution is -2.43. The van der Waals surface area contributed by atoms with Gasteiger partial charge in [-0.2, -0.15) is 5.26 Å². The smallest absolute Gasteiger partial charge is 0.350 e. The van der Waals surface area contributed by atoms with E-state index in [-0.39, 0.29) is 22.2 Å². The predicted molar refractivity (Wildman–Crippen MR) is 80.5 cm³/mol. The Labute approximate surface area is 127 Å². The van der Waals surface area contributed by atoms with Gasteiger partial charge in [0.25, 0.3) is 0 Å². The third-order valence-electron chi connectivity index (χ3n) is 3.26. The summed E-state index contributed by atoms with van der Waals surface area (Å²) in [5.41, 5.74) is 6.28. The zero-order chi connectivity index (χ0) is 15.4. The van der Waals surface area contributed by atoms with Gasteiger partial charge in [-0.05, 0) is 7.05 Å². The maximum Gasteiger partial charge on any atom is 0.350 e. The second-order valence-corrected chi connectivity index (χ2v) is 5.81. The quantitative estimate of drug-likeness (QED) is 0.791. The molecule has 1 fully saturated rings. The number of carbonyl (C=O) groups is 1. The van der Waals surface area contributed by atoms with Crippen molar-refractivity contribution in [1.29, 1.82) is 5.26 Å². The first-order valence-corrected chi connectivity index (χ1v) is 7.33. The molecule has 0 amide bonds. The highest BCUT2D eigenvalue weighted by atomic mass is 32.1. The van der Waals surface area contributed by atoms with Crippen molar-refractivity contribution in [2.24, 2.45) is 0 Å². The summed E-state index contributed by atoms with van der Waals surface area (Å²) in [6.45, 7) is 2.98. The highest BCUT2D eigenvalue weighted by Crippen LogP contribution is 2.35. The molecule has 2 heterocycles. The van der Waals surface area contributed by atoms with Crippen LogP contribution in [0.25, 0.3) is 0 Å². The lowest BCUT2D eigenvalue weighted by atomic mass is 10.2. The number of hydrogen-bond acceptors (Lipinski definition) is 8. The summed E-state index contributed by atoms with van der Waals surface area (Å²) in [4.78, 5) is 14.0. The normalized spacial score (nSPS) is 19.0. The van der Waals surface area contributed by atoms with Crippen LogP contribution in [0, 0.1) is 11.3 Å². The van der Waals surface area contributed by atoms with Gasteiger partial charge in [0.05, 0.1) is 25.5 Å². The number of carbonyl (C=O) groups excluding carboxylic acids is 1. The van der Waals surface area contributed by atoms with Crippen molar-refractivity contribution in [3.63, 3.8) is 0 Å². The number of methoxy groups -OCH3 is 1. The van der Waals surface area contributed by atoms with Crippen molar-refractivity contribution < 1.29 is 14.3 Å². The molecule has 2 rings (SSSR count). The summed E-state index contributed by atoms with van der Waals surface area (Å²) in [6, 6.07) is 2.02. The molecule has 1 atom stereocenters. The van der Waals surface area contributed by atoms with Gasteiger partial charge >= 0.3 is 5.97 Å². The van der Waals surface area contributed by atoms with Crippen molar-refractivity contribution in [3.05, 3.63) is 10.4 Å². The molecule has 8 heteroatoms. The summed E-state index contributed by atoms with van der Waals surface area (Å²) >= 11 is 1.13. The van der Waals surface area contributed by atoms with E-state index >= 15 is 0 Å². The van der Waals surface area contributed by atoms with Gasteiger partial charge in [-0.1, -0.05) is 0 Å². The van der Waals surface area contributed by atoms with Crippen molar-refractivity contribution in [2.75, 3.05) is 51.4 Å². The van der Waals surface area contributed by atoms with Gasteiger partial charge in [-0.15, -0.1) is 11.3 Å². The van der Waals surface area contributed by atoms with E-state index < -0.39 is 5.97 Å². The van der Waals surface area contributed by atoms with Crippen LogP contribution in [0.15, 0.2) is 0 Å². The van der Waals surface area contributed by atoms with E-state index in [2.05, 4.69) is 15.0 Å². The Morgan fingerprint density at radius 2 is 2.48 bits per heavy atom. The van der Waals surface area contributed by atoms with Crippen molar-refractivity contribution in [2.45, 2.75) is 6.10 Å². The molecule has 0 bridgehead atoms. The molecule has 1 saturated heterocycles. The highest BCUT2D eigenvalue weighted by Gasteiger charge is 2.23. The summed E-state index contributed by atoms with van der Waals surface area (Å²) in [6.07, 6.45) is 0.0418. The molecule has 3 N–H and O–H groups in total. The first kappa shape index (κ1) is 15.6. The van der Waals surface area contributed by atoms with Crippen molar-refractivity contribution in [3.8, 4) is 6.07 Å². The number of nitrogens with one attached hydrogen (secondary N) is 1. The minimum atomic E-state index is -0.532. The van der Waals surface area contributed by atoms with Gasteiger partial charge in [0.2, 0.25) is 0 Å². The molecule has 1 aromatic rings. The first-order valence-electron chi connectivity index (χ1n) is 6.51. The largest absolute Gasteiger partial charge is 0.465 e. The average molecular weight is 310 g/mol. The molecule has 0 spiro atoms. The molecule has 1 aliphatic rings. The van der Waals surface area contributed by atoms with E-state index in [4.69, 9.17) is 10.5 Å². The topological polar surface area (TPSA) is 101 Å². The number of nitriles is 1. The molecule has 1 unspecified atom stereocenters. The minimum Gasteiger partial charge on any atom is -0.465 e. The van der Waals surface area contributed by atoms with Crippen LogP contribution >= 0.6 is 11.3 Å². The van der Waals surface area contributed by atoms with Crippen LogP contribution in [0.5, 0.6) is 0 Å². The van der Waals surface area contributed by atoms with E-state index in [0.29, 0.717) is 18.2 Å². The van der Waals surface area contributed by atoms with Crippen LogP contribution in [0.4, 0.5) is 10.7 Å². The van der Waals surface area contributed by atoms with Crippen LogP contribution in [-0.2, 0) is 9.47 Å². The highest BCUT2D eigenvalue weighted by molar-refractivity contribution is 7.18. The van der Waals surface area contributed by atoms with Crippen LogP contribution in [-0.4, -0.2) is 57.4 Å². The maximum atomic E-state index is 11.6. The molecule has 114 valence electrons. The summed E-state index contributed by atoms with van der Waals surface area (Å²) in [7, 11) is 3.32. The number of anilines is 2. The molecule has 1 aromatic heterocycles. The number of thiophene rings is 1. The first-order chi connectivity index (χ1) is 10.1. The molecule has 0 aliphatic carbocycles. The van der Waals surface area contributed by atoms with E-state index in [1.54, 1.807) is 0 Å². The average Bonchev–Trinajstić information content (AvgIpc) is 2.80. The zero-order valence-electron chi connectivity index (χ0n) is 12.0. The van der Waals surface area contributed by atoms with Crippen molar-refractivity contribution >= 4 is 28.0 Å². The number of morpholine rings is 1.